The van der Waals surface area contributed by atoms with Crippen LogP contribution in [0.5, 0.6) is 11.5 Å². The summed E-state index contributed by atoms with van der Waals surface area (Å²) in [5.41, 5.74) is 9.81. The van der Waals surface area contributed by atoms with Crippen LogP contribution in [0.4, 0.5) is 0 Å². The van der Waals surface area contributed by atoms with Gasteiger partial charge in [0.1, 0.15) is 11.5 Å². The third-order valence-electron chi connectivity index (χ3n) is 13.1. The molecular formula is C60H54N2O2. The van der Waals surface area contributed by atoms with E-state index in [1.54, 1.807) is 0 Å². The molecule has 8 aromatic rings. The van der Waals surface area contributed by atoms with Crippen molar-refractivity contribution in [2.45, 2.75) is 62.4 Å². The van der Waals surface area contributed by atoms with E-state index in [-0.39, 0.29) is 23.6 Å². The maximum Gasteiger partial charge on any atom is 0.129 e. The second-order valence-electron chi connectivity index (χ2n) is 17.2. The van der Waals surface area contributed by atoms with Crippen LogP contribution in [0.25, 0.3) is 0 Å². The number of phenols is 2. The van der Waals surface area contributed by atoms with E-state index in [0.29, 0.717) is 11.1 Å². The second-order valence-corrected chi connectivity index (χ2v) is 17.2. The Balaban J connectivity index is 1.11. The molecule has 0 heterocycles. The van der Waals surface area contributed by atoms with Crippen LogP contribution in [-0.2, 0) is 10.8 Å². The van der Waals surface area contributed by atoms with Crippen molar-refractivity contribution in [1.29, 1.82) is 0 Å². The first-order valence-electron chi connectivity index (χ1n) is 22.5. The van der Waals surface area contributed by atoms with Gasteiger partial charge in [0.15, 0.2) is 0 Å². The molecular weight excluding hydrogens is 781 g/mol. The molecule has 0 spiro atoms. The Labute approximate surface area is 378 Å². The fourth-order valence-corrected chi connectivity index (χ4v) is 10.2. The summed E-state index contributed by atoms with van der Waals surface area (Å²) in [5.74, 6) is 0.412. The minimum Gasteiger partial charge on any atom is -0.507 e. The molecule has 0 unspecified atom stereocenters. The van der Waals surface area contributed by atoms with Crippen LogP contribution in [0, 0.1) is 13.8 Å². The van der Waals surface area contributed by atoms with Gasteiger partial charge in [0, 0.05) is 34.7 Å². The fourth-order valence-electron chi connectivity index (χ4n) is 10.2. The molecule has 0 aliphatic heterocycles. The maximum atomic E-state index is 12.5. The monoisotopic (exact) mass is 834 g/mol. The highest BCUT2D eigenvalue weighted by Crippen LogP contribution is 2.51. The number of aliphatic imine (C=N–C) groups is 2. The molecule has 64 heavy (non-hydrogen) atoms. The van der Waals surface area contributed by atoms with Gasteiger partial charge in [0.2, 0.25) is 0 Å². The van der Waals surface area contributed by atoms with Gasteiger partial charge in [-0.05, 0) is 83.3 Å². The number of nitrogens with zero attached hydrogens (tertiary/aromatic N) is 2. The van der Waals surface area contributed by atoms with Crippen molar-refractivity contribution in [2.24, 2.45) is 9.98 Å². The molecule has 2 N–H and O–H groups in total. The minimum atomic E-state index is -0.798. The van der Waals surface area contributed by atoms with Crippen LogP contribution in [0.2, 0.25) is 0 Å². The van der Waals surface area contributed by atoms with Gasteiger partial charge in [-0.25, -0.2) is 0 Å². The predicted molar refractivity (Wildman–Crippen MR) is 264 cm³/mol. The zero-order valence-corrected chi connectivity index (χ0v) is 36.6. The molecule has 4 nitrogen and oxygen atoms in total. The maximum absolute atomic E-state index is 12.5. The Morgan fingerprint density at radius 3 is 0.891 bits per heavy atom. The summed E-state index contributed by atoms with van der Waals surface area (Å²) in [6.07, 6.45) is 7.59. The first kappa shape index (κ1) is 42.0. The molecule has 4 heteroatoms. The summed E-state index contributed by atoms with van der Waals surface area (Å²) < 4.78 is 0. The van der Waals surface area contributed by atoms with Crippen LogP contribution in [0.3, 0.4) is 0 Å². The zero-order chi connectivity index (χ0) is 43.9. The first-order chi connectivity index (χ1) is 31.4. The van der Waals surface area contributed by atoms with E-state index in [1.165, 1.54) is 0 Å². The summed E-state index contributed by atoms with van der Waals surface area (Å²) in [5, 5.41) is 25.1. The van der Waals surface area contributed by atoms with Crippen molar-refractivity contribution in [1.82, 2.24) is 0 Å². The van der Waals surface area contributed by atoms with Gasteiger partial charge in [0.05, 0.1) is 22.9 Å². The van der Waals surface area contributed by atoms with Gasteiger partial charge in [-0.2, -0.15) is 0 Å². The SMILES string of the molecule is Cc1cc(/C=N/[C@@H]2CCCC[C@H]2/N=C/c2cc(C)cc(C(c3ccccc3)(c3ccccc3)c3ccccc3)c2O)c(O)c(C(c2ccccc2)(c2ccccc2)c2ccccc2)c1. The van der Waals surface area contributed by atoms with E-state index in [0.717, 1.165) is 81.3 Å². The van der Waals surface area contributed by atoms with Crippen LogP contribution >= 0.6 is 0 Å². The third kappa shape index (κ3) is 7.86. The number of rotatable bonds is 12. The van der Waals surface area contributed by atoms with E-state index < -0.39 is 10.8 Å². The lowest BCUT2D eigenvalue weighted by atomic mass is 9.64. The van der Waals surface area contributed by atoms with Crippen LogP contribution < -0.4 is 0 Å². The molecule has 1 fully saturated rings. The van der Waals surface area contributed by atoms with Crippen LogP contribution in [0.1, 0.15) is 92.4 Å². The van der Waals surface area contributed by atoms with Crippen molar-refractivity contribution >= 4 is 12.4 Å². The van der Waals surface area contributed by atoms with Gasteiger partial charge < -0.3 is 10.2 Å². The number of aryl methyl sites for hydroxylation is 2. The van der Waals surface area contributed by atoms with Crippen molar-refractivity contribution in [3.8, 4) is 11.5 Å². The number of hydrogen-bond acceptors (Lipinski definition) is 4. The second kappa shape index (κ2) is 18.6. The Bertz CT molecular complexity index is 2470. The van der Waals surface area contributed by atoms with E-state index in [1.807, 2.05) is 61.0 Å². The molecule has 0 amide bonds. The van der Waals surface area contributed by atoms with Crippen molar-refractivity contribution in [3.63, 3.8) is 0 Å². The summed E-state index contributed by atoms with van der Waals surface area (Å²) in [7, 11) is 0. The molecule has 8 aromatic carbocycles. The number of hydrogen-bond donors (Lipinski definition) is 2. The molecule has 1 saturated carbocycles. The third-order valence-corrected chi connectivity index (χ3v) is 13.1. The Hall–Kier alpha value is -7.30. The standard InChI is InChI=1S/C60H54N2O2/c1-43-37-45(57(63)53(39-43)59(47-23-9-3-10-24-47,48-25-11-4-12-26-48)49-27-13-5-14-28-49)41-61-55-35-21-22-36-56(55)62-42-46-38-44(2)40-54(58(46)64)60(50-29-15-6-16-30-50,51-31-17-7-18-32-51)52-33-19-8-20-34-52/h3-20,23-34,37-42,55-56,63-64H,21-22,35-36H2,1-2H3/b61-41+,62-42+/t55-,56-/m1/s1. The average molecular weight is 835 g/mol. The number of aromatic hydroxyl groups is 2. The average Bonchev–Trinajstić information content (AvgIpc) is 3.35. The summed E-state index contributed by atoms with van der Waals surface area (Å²) in [4.78, 5) is 10.5. The molecule has 316 valence electrons. The fraction of sp³-hybridized carbons (Fsp3) is 0.167. The van der Waals surface area contributed by atoms with Crippen molar-refractivity contribution < 1.29 is 10.2 Å². The molecule has 1 aliphatic carbocycles. The molecule has 0 saturated heterocycles. The van der Waals surface area contributed by atoms with E-state index >= 15 is 0 Å². The van der Waals surface area contributed by atoms with Crippen molar-refractivity contribution in [2.75, 3.05) is 0 Å². The van der Waals surface area contributed by atoms with Gasteiger partial charge in [-0.15, -0.1) is 0 Å². The van der Waals surface area contributed by atoms with Crippen LogP contribution in [-0.4, -0.2) is 34.7 Å². The molecule has 1 aliphatic rings. The Kier molecular flexibility index (Phi) is 12.2. The van der Waals surface area contributed by atoms with Crippen LogP contribution in [0.15, 0.2) is 216 Å². The minimum absolute atomic E-state index is 0.0982. The topological polar surface area (TPSA) is 65.2 Å². The lowest BCUT2D eigenvalue weighted by Crippen LogP contribution is -2.31. The zero-order valence-electron chi connectivity index (χ0n) is 36.6. The summed E-state index contributed by atoms with van der Waals surface area (Å²) in [6, 6.07) is 71.0. The summed E-state index contributed by atoms with van der Waals surface area (Å²) >= 11 is 0. The van der Waals surface area contributed by atoms with E-state index in [4.69, 9.17) is 9.98 Å². The van der Waals surface area contributed by atoms with Gasteiger partial charge in [-0.1, -0.05) is 207 Å². The Morgan fingerprint density at radius 2 is 0.641 bits per heavy atom. The van der Waals surface area contributed by atoms with Crippen molar-refractivity contribution in [3.05, 3.63) is 273 Å². The molecule has 0 aromatic heterocycles. The quantitative estimate of drug-likeness (QED) is 0.0951. The normalized spacial score (nSPS) is 15.7. The molecule has 0 bridgehead atoms. The smallest absolute Gasteiger partial charge is 0.129 e. The van der Waals surface area contributed by atoms with Gasteiger partial charge >= 0.3 is 0 Å². The molecule has 9 rings (SSSR count). The lowest BCUT2D eigenvalue weighted by Gasteiger charge is -2.37. The van der Waals surface area contributed by atoms with E-state index in [9.17, 15) is 10.2 Å². The Morgan fingerprint density at radius 1 is 0.391 bits per heavy atom. The molecule has 2 atom stereocenters. The largest absolute Gasteiger partial charge is 0.507 e. The van der Waals surface area contributed by atoms with Gasteiger partial charge in [-0.3, -0.25) is 9.98 Å². The number of benzene rings is 8. The highest BCUT2D eigenvalue weighted by Gasteiger charge is 2.42. The number of phenolic OH excluding ortho intramolecular Hbond substituents is 2. The van der Waals surface area contributed by atoms with E-state index in [2.05, 4.69) is 172 Å². The lowest BCUT2D eigenvalue weighted by molar-refractivity contribution is 0.390. The first-order valence-corrected chi connectivity index (χ1v) is 22.5. The highest BCUT2D eigenvalue weighted by atomic mass is 16.3. The highest BCUT2D eigenvalue weighted by molar-refractivity contribution is 5.87. The molecule has 0 radical (unpaired) electrons. The summed E-state index contributed by atoms with van der Waals surface area (Å²) in [6.45, 7) is 4.18. The van der Waals surface area contributed by atoms with Gasteiger partial charge in [0.25, 0.3) is 0 Å². The predicted octanol–water partition coefficient (Wildman–Crippen LogP) is 13.3.